The average molecular weight is 201 g/mol. The standard InChI is InChI=1S/C13H15NO/c1-2-5-12(15)11-8-3-6-10-7-4-9-14-13(10)11/h2,4-5,7,9,11H,3,6,8H2,1H3/b5-2+. The molecule has 2 rings (SSSR count). The summed E-state index contributed by atoms with van der Waals surface area (Å²) in [5.74, 6) is 0.184. The van der Waals surface area contributed by atoms with Crippen LogP contribution in [0.2, 0.25) is 0 Å². The van der Waals surface area contributed by atoms with Crippen LogP contribution in [0, 0.1) is 0 Å². The minimum Gasteiger partial charge on any atom is -0.294 e. The van der Waals surface area contributed by atoms with Gasteiger partial charge in [0.05, 0.1) is 11.6 Å². The summed E-state index contributed by atoms with van der Waals surface area (Å²) in [7, 11) is 0. The molecule has 1 heterocycles. The minimum absolute atomic E-state index is 0.00819. The molecule has 1 unspecified atom stereocenters. The van der Waals surface area contributed by atoms with Gasteiger partial charge in [0.25, 0.3) is 0 Å². The third-order valence-electron chi connectivity index (χ3n) is 2.87. The molecule has 0 saturated heterocycles. The molecule has 1 aromatic heterocycles. The molecular formula is C13H15NO. The number of aryl methyl sites for hydroxylation is 1. The Hall–Kier alpha value is -1.44. The van der Waals surface area contributed by atoms with Crippen LogP contribution in [0.1, 0.15) is 36.9 Å². The molecule has 0 fully saturated rings. The average Bonchev–Trinajstić information content (AvgIpc) is 2.28. The van der Waals surface area contributed by atoms with E-state index in [-0.39, 0.29) is 11.7 Å². The molecule has 78 valence electrons. The highest BCUT2D eigenvalue weighted by Gasteiger charge is 2.25. The van der Waals surface area contributed by atoms with Crippen LogP contribution < -0.4 is 0 Å². The van der Waals surface area contributed by atoms with Crippen LogP contribution >= 0.6 is 0 Å². The summed E-state index contributed by atoms with van der Waals surface area (Å²) in [5, 5.41) is 0. The van der Waals surface area contributed by atoms with E-state index in [9.17, 15) is 4.79 Å². The van der Waals surface area contributed by atoms with Gasteiger partial charge in [-0.25, -0.2) is 0 Å². The van der Waals surface area contributed by atoms with Crippen LogP contribution in [0.3, 0.4) is 0 Å². The molecule has 0 spiro atoms. The maximum Gasteiger partial charge on any atom is 0.164 e. The first kappa shape index (κ1) is 10.1. The number of hydrogen-bond acceptors (Lipinski definition) is 2. The second kappa shape index (κ2) is 4.39. The van der Waals surface area contributed by atoms with Gasteiger partial charge in [0.2, 0.25) is 0 Å². The van der Waals surface area contributed by atoms with Gasteiger partial charge in [0.15, 0.2) is 5.78 Å². The lowest BCUT2D eigenvalue weighted by Crippen LogP contribution is -2.18. The molecular weight excluding hydrogens is 186 g/mol. The maximum absolute atomic E-state index is 11.8. The van der Waals surface area contributed by atoms with Gasteiger partial charge in [-0.1, -0.05) is 12.1 Å². The van der Waals surface area contributed by atoms with Crippen molar-refractivity contribution >= 4 is 5.78 Å². The summed E-state index contributed by atoms with van der Waals surface area (Å²) >= 11 is 0. The van der Waals surface area contributed by atoms with Crippen molar-refractivity contribution in [2.75, 3.05) is 0 Å². The van der Waals surface area contributed by atoms with E-state index in [1.165, 1.54) is 5.56 Å². The number of fused-ring (bicyclic) bond motifs is 1. The summed E-state index contributed by atoms with van der Waals surface area (Å²) < 4.78 is 0. The van der Waals surface area contributed by atoms with Crippen LogP contribution in [0.4, 0.5) is 0 Å². The zero-order chi connectivity index (χ0) is 10.7. The van der Waals surface area contributed by atoms with Gasteiger partial charge in [0, 0.05) is 6.20 Å². The zero-order valence-electron chi connectivity index (χ0n) is 8.94. The Kier molecular flexibility index (Phi) is 2.95. The van der Waals surface area contributed by atoms with Crippen molar-refractivity contribution in [2.24, 2.45) is 0 Å². The number of pyridine rings is 1. The van der Waals surface area contributed by atoms with E-state index >= 15 is 0 Å². The van der Waals surface area contributed by atoms with E-state index in [2.05, 4.69) is 11.1 Å². The summed E-state index contributed by atoms with van der Waals surface area (Å²) in [5.41, 5.74) is 2.23. The fraction of sp³-hybridized carbons (Fsp3) is 0.385. The normalized spacial score (nSPS) is 20.2. The van der Waals surface area contributed by atoms with Crippen molar-refractivity contribution in [3.8, 4) is 0 Å². The molecule has 0 N–H and O–H groups in total. The molecule has 0 radical (unpaired) electrons. The van der Waals surface area contributed by atoms with Gasteiger partial charge in [0.1, 0.15) is 0 Å². The molecule has 15 heavy (non-hydrogen) atoms. The van der Waals surface area contributed by atoms with Crippen LogP contribution in [0.25, 0.3) is 0 Å². The summed E-state index contributed by atoms with van der Waals surface area (Å²) in [6.45, 7) is 1.88. The smallest absolute Gasteiger partial charge is 0.164 e. The van der Waals surface area contributed by atoms with Gasteiger partial charge < -0.3 is 0 Å². The molecule has 0 bridgehead atoms. The molecule has 2 heteroatoms. The monoisotopic (exact) mass is 201 g/mol. The Morgan fingerprint density at radius 3 is 3.27 bits per heavy atom. The molecule has 0 aliphatic heterocycles. The minimum atomic E-state index is -0.00819. The third-order valence-corrected chi connectivity index (χ3v) is 2.87. The summed E-state index contributed by atoms with van der Waals surface area (Å²) in [4.78, 5) is 16.2. The Labute approximate surface area is 90.0 Å². The van der Waals surface area contributed by atoms with Crippen molar-refractivity contribution in [3.63, 3.8) is 0 Å². The summed E-state index contributed by atoms with van der Waals surface area (Å²) in [6.07, 6.45) is 8.33. The Bertz CT molecular complexity index is 395. The fourth-order valence-corrected chi connectivity index (χ4v) is 2.17. The van der Waals surface area contributed by atoms with E-state index in [0.717, 1.165) is 25.0 Å². The second-order valence-electron chi connectivity index (χ2n) is 3.89. The van der Waals surface area contributed by atoms with E-state index in [1.54, 1.807) is 18.3 Å². The Morgan fingerprint density at radius 1 is 1.60 bits per heavy atom. The second-order valence-corrected chi connectivity index (χ2v) is 3.89. The Balaban J connectivity index is 2.33. The lowest BCUT2D eigenvalue weighted by molar-refractivity contribution is -0.116. The number of aromatic nitrogens is 1. The van der Waals surface area contributed by atoms with Crippen LogP contribution in [0.5, 0.6) is 0 Å². The molecule has 1 aliphatic carbocycles. The van der Waals surface area contributed by atoms with Crippen LogP contribution in [-0.4, -0.2) is 10.8 Å². The maximum atomic E-state index is 11.8. The number of hydrogen-bond donors (Lipinski definition) is 0. The quantitative estimate of drug-likeness (QED) is 0.688. The highest BCUT2D eigenvalue weighted by atomic mass is 16.1. The first-order valence-electron chi connectivity index (χ1n) is 5.43. The first-order chi connectivity index (χ1) is 7.33. The molecule has 1 atom stereocenters. The predicted octanol–water partition coefficient (Wildman–Crippen LogP) is 2.65. The first-order valence-corrected chi connectivity index (χ1v) is 5.43. The van der Waals surface area contributed by atoms with Gasteiger partial charge in [-0.05, 0) is 43.9 Å². The highest BCUT2D eigenvalue weighted by molar-refractivity contribution is 5.95. The molecule has 1 aliphatic rings. The number of ketones is 1. The number of carbonyl (C=O) groups is 1. The lowest BCUT2D eigenvalue weighted by Gasteiger charge is -2.21. The topological polar surface area (TPSA) is 30.0 Å². The number of nitrogens with zero attached hydrogens (tertiary/aromatic N) is 1. The van der Waals surface area contributed by atoms with E-state index in [4.69, 9.17) is 0 Å². The van der Waals surface area contributed by atoms with Crippen molar-refractivity contribution in [1.82, 2.24) is 4.98 Å². The predicted molar refractivity (Wildman–Crippen MR) is 59.7 cm³/mol. The molecule has 0 amide bonds. The van der Waals surface area contributed by atoms with Crippen LogP contribution in [-0.2, 0) is 11.2 Å². The van der Waals surface area contributed by atoms with E-state index in [0.29, 0.717) is 0 Å². The van der Waals surface area contributed by atoms with Gasteiger partial charge >= 0.3 is 0 Å². The lowest BCUT2D eigenvalue weighted by atomic mass is 9.84. The Morgan fingerprint density at radius 2 is 2.47 bits per heavy atom. The van der Waals surface area contributed by atoms with Crippen molar-refractivity contribution in [3.05, 3.63) is 41.7 Å². The number of carbonyl (C=O) groups excluding carboxylic acids is 1. The summed E-state index contributed by atoms with van der Waals surface area (Å²) in [6, 6.07) is 4.03. The molecule has 0 saturated carbocycles. The van der Waals surface area contributed by atoms with Crippen LogP contribution in [0.15, 0.2) is 30.5 Å². The largest absolute Gasteiger partial charge is 0.294 e. The highest BCUT2D eigenvalue weighted by Crippen LogP contribution is 2.30. The SMILES string of the molecule is C/C=C/C(=O)C1CCCc2cccnc21. The van der Waals surface area contributed by atoms with Crippen molar-refractivity contribution in [1.29, 1.82) is 0 Å². The molecule has 2 nitrogen and oxygen atoms in total. The van der Waals surface area contributed by atoms with E-state index < -0.39 is 0 Å². The van der Waals surface area contributed by atoms with Crippen molar-refractivity contribution in [2.45, 2.75) is 32.1 Å². The zero-order valence-corrected chi connectivity index (χ0v) is 8.94. The van der Waals surface area contributed by atoms with Crippen molar-refractivity contribution < 1.29 is 4.79 Å². The fourth-order valence-electron chi connectivity index (χ4n) is 2.17. The van der Waals surface area contributed by atoms with E-state index in [1.807, 2.05) is 13.0 Å². The number of rotatable bonds is 2. The molecule has 1 aromatic rings. The van der Waals surface area contributed by atoms with Gasteiger partial charge in [-0.3, -0.25) is 9.78 Å². The van der Waals surface area contributed by atoms with Gasteiger partial charge in [-0.15, -0.1) is 0 Å². The van der Waals surface area contributed by atoms with Gasteiger partial charge in [-0.2, -0.15) is 0 Å². The molecule has 0 aromatic carbocycles. The third kappa shape index (κ3) is 1.99. The number of allylic oxidation sites excluding steroid dienone is 2.